The summed E-state index contributed by atoms with van der Waals surface area (Å²) in [6.45, 7) is 6.43. The Morgan fingerprint density at radius 1 is 1.37 bits per heavy atom. The third-order valence-electron chi connectivity index (χ3n) is 4.16. The van der Waals surface area contributed by atoms with Crippen LogP contribution in [0.25, 0.3) is 0 Å². The number of nitrogens with zero attached hydrogens (tertiary/aromatic N) is 2. The van der Waals surface area contributed by atoms with Crippen molar-refractivity contribution in [3.8, 4) is 0 Å². The molecule has 0 aromatic carbocycles. The van der Waals surface area contributed by atoms with E-state index in [9.17, 15) is 0 Å². The van der Waals surface area contributed by atoms with Gasteiger partial charge in [0.05, 0.1) is 22.4 Å². The molecule has 1 aromatic heterocycles. The summed E-state index contributed by atoms with van der Waals surface area (Å²) >= 11 is 3.69. The summed E-state index contributed by atoms with van der Waals surface area (Å²) < 4.78 is 3.31. The average Bonchev–Trinajstić information content (AvgIpc) is 2.82. The van der Waals surface area contributed by atoms with Crippen molar-refractivity contribution in [1.82, 2.24) is 15.1 Å². The van der Waals surface area contributed by atoms with Gasteiger partial charge in [0.1, 0.15) is 0 Å². The number of hydrogen-bond acceptors (Lipinski definition) is 2. The van der Waals surface area contributed by atoms with Crippen LogP contribution in [0.1, 0.15) is 64.1 Å². The summed E-state index contributed by atoms with van der Waals surface area (Å²) in [6.07, 6.45) is 10.00. The summed E-state index contributed by atoms with van der Waals surface area (Å²) in [6, 6.07) is 0.456. The zero-order valence-electron chi connectivity index (χ0n) is 12.2. The number of hydrogen-bond donors (Lipinski definition) is 1. The van der Waals surface area contributed by atoms with Gasteiger partial charge in [0.25, 0.3) is 0 Å². The minimum absolute atomic E-state index is 0.456. The van der Waals surface area contributed by atoms with Gasteiger partial charge in [-0.3, -0.25) is 4.68 Å². The smallest absolute Gasteiger partial charge is 0.0698 e. The van der Waals surface area contributed by atoms with E-state index in [1.54, 1.807) is 0 Å². The lowest BCUT2D eigenvalue weighted by molar-refractivity contribution is 0.261. The van der Waals surface area contributed by atoms with Crippen LogP contribution in [0.15, 0.2) is 10.7 Å². The van der Waals surface area contributed by atoms with Crippen molar-refractivity contribution in [3.05, 3.63) is 16.4 Å². The topological polar surface area (TPSA) is 29.9 Å². The van der Waals surface area contributed by atoms with Crippen LogP contribution in [-0.4, -0.2) is 16.3 Å². The van der Waals surface area contributed by atoms with Crippen LogP contribution >= 0.6 is 15.9 Å². The van der Waals surface area contributed by atoms with Gasteiger partial charge >= 0.3 is 0 Å². The van der Waals surface area contributed by atoms with Crippen molar-refractivity contribution in [2.24, 2.45) is 5.92 Å². The van der Waals surface area contributed by atoms with E-state index in [4.69, 9.17) is 0 Å². The Labute approximate surface area is 125 Å². The maximum atomic E-state index is 4.49. The Hall–Kier alpha value is -0.350. The molecule has 4 heteroatoms. The Morgan fingerprint density at radius 2 is 2.11 bits per heavy atom. The van der Waals surface area contributed by atoms with E-state index in [-0.39, 0.29) is 0 Å². The zero-order chi connectivity index (χ0) is 13.7. The molecule has 0 radical (unpaired) electrons. The largest absolute Gasteiger partial charge is 0.308 e. The summed E-state index contributed by atoms with van der Waals surface area (Å²) in [4.78, 5) is 0. The molecule has 1 heterocycles. The van der Waals surface area contributed by atoms with Gasteiger partial charge in [-0.1, -0.05) is 26.2 Å². The molecule has 1 aromatic rings. The van der Waals surface area contributed by atoms with E-state index in [1.165, 1.54) is 44.2 Å². The fourth-order valence-electron chi connectivity index (χ4n) is 3.19. The molecule has 0 aliphatic heterocycles. The van der Waals surface area contributed by atoms with Gasteiger partial charge in [-0.15, -0.1) is 0 Å². The molecular weight excluding hydrogens is 302 g/mol. The molecule has 1 unspecified atom stereocenters. The minimum atomic E-state index is 0.456. The first kappa shape index (κ1) is 15.0. The van der Waals surface area contributed by atoms with Gasteiger partial charge in [0.15, 0.2) is 0 Å². The molecule has 1 aliphatic carbocycles. The quantitative estimate of drug-likeness (QED) is 0.844. The highest BCUT2D eigenvalue weighted by molar-refractivity contribution is 9.10. The first-order valence-corrected chi connectivity index (χ1v) is 8.51. The van der Waals surface area contributed by atoms with E-state index >= 15 is 0 Å². The second kappa shape index (κ2) is 7.44. The number of rotatable bonds is 6. The van der Waals surface area contributed by atoms with E-state index in [2.05, 4.69) is 44.9 Å². The predicted molar refractivity (Wildman–Crippen MR) is 83.2 cm³/mol. The Balaban J connectivity index is 2.22. The van der Waals surface area contributed by atoms with E-state index in [0.29, 0.717) is 6.04 Å². The van der Waals surface area contributed by atoms with Crippen LogP contribution in [0.2, 0.25) is 0 Å². The molecule has 1 aliphatic rings. The van der Waals surface area contributed by atoms with Gasteiger partial charge in [-0.05, 0) is 54.6 Å². The number of aromatic nitrogens is 2. The standard InChI is InChI=1S/C15H26BrN3/c1-3-10-17-14(12-8-6-5-7-9-12)15-13(16)11-18-19(15)4-2/h11-12,14,17H,3-10H2,1-2H3. The van der Waals surface area contributed by atoms with Crippen LogP contribution in [0.4, 0.5) is 0 Å². The Morgan fingerprint density at radius 3 is 2.74 bits per heavy atom. The molecule has 3 nitrogen and oxygen atoms in total. The lowest BCUT2D eigenvalue weighted by Gasteiger charge is -2.31. The second-order valence-corrected chi connectivity index (χ2v) is 6.38. The summed E-state index contributed by atoms with van der Waals surface area (Å²) in [5, 5.41) is 8.25. The van der Waals surface area contributed by atoms with Crippen LogP contribution in [-0.2, 0) is 6.54 Å². The van der Waals surface area contributed by atoms with Crippen LogP contribution in [0, 0.1) is 5.92 Å². The summed E-state index contributed by atoms with van der Waals surface area (Å²) in [5.74, 6) is 0.763. The first-order chi connectivity index (χ1) is 9.27. The Bertz CT molecular complexity index is 383. The normalized spacial score (nSPS) is 18.7. The molecule has 19 heavy (non-hydrogen) atoms. The first-order valence-electron chi connectivity index (χ1n) is 7.72. The van der Waals surface area contributed by atoms with Crippen molar-refractivity contribution in [1.29, 1.82) is 0 Å². The van der Waals surface area contributed by atoms with Gasteiger partial charge in [-0.2, -0.15) is 5.10 Å². The molecule has 1 fully saturated rings. The van der Waals surface area contributed by atoms with E-state index in [1.807, 2.05) is 6.20 Å². The molecule has 1 atom stereocenters. The van der Waals surface area contributed by atoms with Crippen molar-refractivity contribution in [2.45, 2.75) is 65.0 Å². The molecule has 1 saturated carbocycles. The highest BCUT2D eigenvalue weighted by Gasteiger charge is 2.28. The van der Waals surface area contributed by atoms with Crippen LogP contribution < -0.4 is 5.32 Å². The third-order valence-corrected chi connectivity index (χ3v) is 4.77. The van der Waals surface area contributed by atoms with Gasteiger partial charge in [0.2, 0.25) is 0 Å². The highest BCUT2D eigenvalue weighted by Crippen LogP contribution is 2.37. The van der Waals surface area contributed by atoms with Crippen molar-refractivity contribution in [2.75, 3.05) is 6.54 Å². The Kier molecular flexibility index (Phi) is 5.89. The lowest BCUT2D eigenvalue weighted by Crippen LogP contribution is -2.32. The van der Waals surface area contributed by atoms with Gasteiger partial charge in [0, 0.05) is 6.54 Å². The van der Waals surface area contributed by atoms with Crippen molar-refractivity contribution < 1.29 is 0 Å². The van der Waals surface area contributed by atoms with Crippen molar-refractivity contribution in [3.63, 3.8) is 0 Å². The number of aryl methyl sites for hydroxylation is 1. The molecule has 0 bridgehead atoms. The number of halogens is 1. The highest BCUT2D eigenvalue weighted by atomic mass is 79.9. The molecule has 0 spiro atoms. The monoisotopic (exact) mass is 327 g/mol. The van der Waals surface area contributed by atoms with Crippen LogP contribution in [0.5, 0.6) is 0 Å². The lowest BCUT2D eigenvalue weighted by atomic mass is 9.82. The fraction of sp³-hybridized carbons (Fsp3) is 0.800. The molecule has 0 saturated heterocycles. The maximum absolute atomic E-state index is 4.49. The third kappa shape index (κ3) is 3.60. The predicted octanol–water partition coefficient (Wildman–Crippen LogP) is 4.29. The molecule has 108 valence electrons. The van der Waals surface area contributed by atoms with E-state index < -0.39 is 0 Å². The second-order valence-electron chi connectivity index (χ2n) is 5.52. The minimum Gasteiger partial charge on any atom is -0.308 e. The molecular formula is C15H26BrN3. The maximum Gasteiger partial charge on any atom is 0.0698 e. The van der Waals surface area contributed by atoms with Crippen LogP contribution in [0.3, 0.4) is 0 Å². The van der Waals surface area contributed by atoms with Gasteiger partial charge < -0.3 is 5.32 Å². The fourth-order valence-corrected chi connectivity index (χ4v) is 3.73. The molecule has 0 amide bonds. The van der Waals surface area contributed by atoms with Crippen molar-refractivity contribution >= 4 is 15.9 Å². The average molecular weight is 328 g/mol. The van der Waals surface area contributed by atoms with Gasteiger partial charge in [-0.25, -0.2) is 0 Å². The summed E-state index contributed by atoms with van der Waals surface area (Å²) in [5.41, 5.74) is 1.35. The molecule has 1 N–H and O–H groups in total. The van der Waals surface area contributed by atoms with E-state index in [0.717, 1.165) is 23.5 Å². The zero-order valence-corrected chi connectivity index (χ0v) is 13.7. The molecule has 2 rings (SSSR count). The summed E-state index contributed by atoms with van der Waals surface area (Å²) in [7, 11) is 0. The SMILES string of the molecule is CCCNC(c1c(Br)cnn1CC)C1CCCCC1. The number of nitrogens with one attached hydrogen (secondary N) is 1.